The number of rotatable bonds is 9. The number of benzene rings is 1. The molecule has 0 fully saturated rings. The highest BCUT2D eigenvalue weighted by atomic mass is 16.7. The quantitative estimate of drug-likeness (QED) is 0.265. The number of nitrogens with zero attached hydrogens (tertiary/aromatic N) is 3. The van der Waals surface area contributed by atoms with Crippen LogP contribution in [0.5, 0.6) is 5.75 Å². The van der Waals surface area contributed by atoms with Crippen molar-refractivity contribution >= 4 is 28.5 Å². The molecular formula is C21H27N3O6. The van der Waals surface area contributed by atoms with Gasteiger partial charge in [-0.3, -0.25) is 24.7 Å². The summed E-state index contributed by atoms with van der Waals surface area (Å²) < 4.78 is 10.6. The molecule has 0 N–H and O–H groups in total. The second kappa shape index (κ2) is 10.00. The van der Waals surface area contributed by atoms with Crippen LogP contribution >= 0.6 is 0 Å². The van der Waals surface area contributed by atoms with Crippen LogP contribution in [0.2, 0.25) is 0 Å². The van der Waals surface area contributed by atoms with Crippen LogP contribution in [0.15, 0.2) is 30.5 Å². The van der Waals surface area contributed by atoms with Crippen molar-refractivity contribution in [2.24, 2.45) is 5.41 Å². The van der Waals surface area contributed by atoms with E-state index < -0.39 is 23.1 Å². The third-order valence-electron chi connectivity index (χ3n) is 4.37. The van der Waals surface area contributed by atoms with Crippen molar-refractivity contribution in [2.45, 2.75) is 40.5 Å². The summed E-state index contributed by atoms with van der Waals surface area (Å²) in [5.74, 6) is -0.458. The number of pyridine rings is 1. The summed E-state index contributed by atoms with van der Waals surface area (Å²) in [6.45, 7) is 7.32. The maximum atomic E-state index is 12.6. The number of ether oxygens (including phenoxy) is 2. The Morgan fingerprint density at radius 2 is 1.97 bits per heavy atom. The van der Waals surface area contributed by atoms with Crippen LogP contribution < -0.4 is 4.74 Å². The monoisotopic (exact) mass is 417 g/mol. The van der Waals surface area contributed by atoms with E-state index in [1.54, 1.807) is 32.9 Å². The number of carbonyl (C=O) groups excluding carboxylic acids is 2. The number of nitro groups is 1. The van der Waals surface area contributed by atoms with Gasteiger partial charge in [-0.1, -0.05) is 34.1 Å². The van der Waals surface area contributed by atoms with Gasteiger partial charge in [-0.05, 0) is 24.6 Å². The minimum atomic E-state index is -0.603. The maximum absolute atomic E-state index is 12.6. The van der Waals surface area contributed by atoms with Gasteiger partial charge >= 0.3 is 5.97 Å². The molecule has 2 rings (SSSR count). The van der Waals surface area contributed by atoms with Gasteiger partial charge in [-0.15, -0.1) is 0 Å². The molecule has 0 spiro atoms. The summed E-state index contributed by atoms with van der Waals surface area (Å²) in [5.41, 5.74) is -0.390. The normalized spacial score (nSPS) is 11.2. The zero-order valence-electron chi connectivity index (χ0n) is 17.7. The SMILES string of the molecule is CCCCN(CC(=O)OCOc1ccc([N+](=O)[O-])c2cccnc12)C(=O)C(C)(C)C. The van der Waals surface area contributed by atoms with Crippen LogP contribution in [-0.2, 0) is 14.3 Å². The molecule has 162 valence electrons. The van der Waals surface area contributed by atoms with Crippen LogP contribution in [0.3, 0.4) is 0 Å². The van der Waals surface area contributed by atoms with E-state index in [2.05, 4.69) is 4.98 Å². The number of fused-ring (bicyclic) bond motifs is 1. The van der Waals surface area contributed by atoms with E-state index in [-0.39, 0.29) is 23.9 Å². The third kappa shape index (κ3) is 5.88. The van der Waals surface area contributed by atoms with Crippen LogP contribution in [0, 0.1) is 15.5 Å². The number of carbonyl (C=O) groups is 2. The molecule has 1 aromatic carbocycles. The number of hydrogen-bond donors (Lipinski definition) is 0. The smallest absolute Gasteiger partial charge is 0.328 e. The number of non-ortho nitro benzene ring substituents is 1. The molecule has 1 amide bonds. The molecule has 1 aromatic heterocycles. The average Bonchev–Trinajstić information content (AvgIpc) is 2.69. The predicted molar refractivity (Wildman–Crippen MR) is 111 cm³/mol. The molecule has 0 bridgehead atoms. The molecule has 0 saturated carbocycles. The summed E-state index contributed by atoms with van der Waals surface area (Å²) in [6, 6.07) is 5.90. The van der Waals surface area contributed by atoms with Crippen molar-refractivity contribution in [2.75, 3.05) is 19.9 Å². The van der Waals surface area contributed by atoms with Crippen molar-refractivity contribution in [3.05, 3.63) is 40.6 Å². The Labute approximate surface area is 175 Å². The minimum Gasteiger partial charge on any atom is -0.455 e. The fourth-order valence-corrected chi connectivity index (χ4v) is 2.84. The lowest BCUT2D eigenvalue weighted by Crippen LogP contribution is -2.43. The Morgan fingerprint density at radius 1 is 1.23 bits per heavy atom. The van der Waals surface area contributed by atoms with Gasteiger partial charge in [0.15, 0.2) is 0 Å². The first-order valence-corrected chi connectivity index (χ1v) is 9.75. The molecule has 0 unspecified atom stereocenters. The van der Waals surface area contributed by atoms with Crippen molar-refractivity contribution in [1.29, 1.82) is 0 Å². The number of amides is 1. The zero-order valence-corrected chi connectivity index (χ0v) is 17.7. The summed E-state index contributed by atoms with van der Waals surface area (Å²) in [6.07, 6.45) is 3.17. The molecule has 9 nitrogen and oxygen atoms in total. The number of nitro benzene ring substituents is 1. The van der Waals surface area contributed by atoms with Gasteiger partial charge in [-0.2, -0.15) is 0 Å². The highest BCUT2D eigenvalue weighted by Crippen LogP contribution is 2.31. The Morgan fingerprint density at radius 3 is 2.60 bits per heavy atom. The van der Waals surface area contributed by atoms with Gasteiger partial charge in [0, 0.05) is 24.2 Å². The van der Waals surface area contributed by atoms with Crippen LogP contribution in [-0.4, -0.2) is 46.6 Å². The number of esters is 1. The number of unbranched alkanes of at least 4 members (excludes halogenated alkanes) is 1. The number of hydrogen-bond acceptors (Lipinski definition) is 7. The summed E-state index contributed by atoms with van der Waals surface area (Å²) in [7, 11) is 0. The van der Waals surface area contributed by atoms with Gasteiger partial charge in [0.05, 0.1) is 10.3 Å². The zero-order chi connectivity index (χ0) is 22.3. The molecule has 2 aromatic rings. The van der Waals surface area contributed by atoms with E-state index >= 15 is 0 Å². The Bertz CT molecular complexity index is 923. The molecule has 0 atom stereocenters. The van der Waals surface area contributed by atoms with E-state index in [1.807, 2.05) is 6.92 Å². The molecule has 0 aliphatic rings. The summed E-state index contributed by atoms with van der Waals surface area (Å²) in [5, 5.41) is 11.5. The van der Waals surface area contributed by atoms with Crippen LogP contribution in [0.4, 0.5) is 5.69 Å². The third-order valence-corrected chi connectivity index (χ3v) is 4.37. The average molecular weight is 417 g/mol. The van der Waals surface area contributed by atoms with Gasteiger partial charge in [0.25, 0.3) is 5.69 Å². The topological polar surface area (TPSA) is 112 Å². The Hall–Kier alpha value is -3.23. The van der Waals surface area contributed by atoms with Gasteiger partial charge in [0.2, 0.25) is 12.7 Å². The highest BCUT2D eigenvalue weighted by molar-refractivity contribution is 5.92. The first-order valence-electron chi connectivity index (χ1n) is 9.75. The summed E-state index contributed by atoms with van der Waals surface area (Å²) >= 11 is 0. The maximum Gasteiger partial charge on any atom is 0.328 e. The molecule has 0 saturated heterocycles. The van der Waals surface area contributed by atoms with Gasteiger partial charge in [0.1, 0.15) is 17.8 Å². The van der Waals surface area contributed by atoms with Gasteiger partial charge in [-0.25, -0.2) is 0 Å². The first-order chi connectivity index (χ1) is 14.1. The lowest BCUT2D eigenvalue weighted by atomic mass is 9.94. The molecule has 0 aliphatic heterocycles. The minimum absolute atomic E-state index is 0.0882. The lowest BCUT2D eigenvalue weighted by Gasteiger charge is -2.28. The van der Waals surface area contributed by atoms with E-state index in [4.69, 9.17) is 9.47 Å². The molecule has 0 aliphatic carbocycles. The fraction of sp³-hybridized carbons (Fsp3) is 0.476. The molecule has 0 radical (unpaired) electrons. The van der Waals surface area contributed by atoms with E-state index in [1.165, 1.54) is 23.2 Å². The second-order valence-corrected chi connectivity index (χ2v) is 7.85. The van der Waals surface area contributed by atoms with E-state index in [0.717, 1.165) is 12.8 Å². The Kier molecular flexibility index (Phi) is 7.68. The van der Waals surface area contributed by atoms with Crippen molar-refractivity contribution in [3.8, 4) is 5.75 Å². The van der Waals surface area contributed by atoms with Crippen LogP contribution in [0.1, 0.15) is 40.5 Å². The summed E-state index contributed by atoms with van der Waals surface area (Å²) in [4.78, 5) is 41.1. The predicted octanol–water partition coefficient (Wildman–Crippen LogP) is 3.70. The second-order valence-electron chi connectivity index (χ2n) is 7.85. The lowest BCUT2D eigenvalue weighted by molar-refractivity contribution is -0.383. The van der Waals surface area contributed by atoms with Crippen molar-refractivity contribution < 1.29 is 24.0 Å². The molecule has 9 heteroatoms. The van der Waals surface area contributed by atoms with Crippen molar-refractivity contribution in [1.82, 2.24) is 9.88 Å². The standard InChI is InChI=1S/C21H27N3O6/c1-5-6-12-23(20(26)21(2,3)4)13-18(25)30-14-29-17-10-9-16(24(27)28)15-8-7-11-22-19(15)17/h7-11H,5-6,12-14H2,1-4H3. The highest BCUT2D eigenvalue weighted by Gasteiger charge is 2.28. The largest absolute Gasteiger partial charge is 0.455 e. The molecular weight excluding hydrogens is 390 g/mol. The fourth-order valence-electron chi connectivity index (χ4n) is 2.84. The van der Waals surface area contributed by atoms with E-state index in [0.29, 0.717) is 17.4 Å². The number of aromatic nitrogens is 1. The van der Waals surface area contributed by atoms with Gasteiger partial charge < -0.3 is 14.4 Å². The van der Waals surface area contributed by atoms with E-state index in [9.17, 15) is 19.7 Å². The van der Waals surface area contributed by atoms with Crippen LogP contribution in [0.25, 0.3) is 10.9 Å². The van der Waals surface area contributed by atoms with Crippen molar-refractivity contribution in [3.63, 3.8) is 0 Å². The molecule has 30 heavy (non-hydrogen) atoms. The Balaban J connectivity index is 2.02. The first kappa shape index (κ1) is 23.1. The molecule has 1 heterocycles.